The van der Waals surface area contributed by atoms with E-state index in [-0.39, 0.29) is 0 Å². The third kappa shape index (κ3) is 3.01. The standard InChI is InChI=1S/C10H17N3/c1-8(2)7-13(4)10-6-11-5-9(3)12-10/h5-6,8H,7H2,1-4H3. The third-order valence-electron chi connectivity index (χ3n) is 1.77. The van der Waals surface area contributed by atoms with Crippen molar-refractivity contribution >= 4 is 5.82 Å². The summed E-state index contributed by atoms with van der Waals surface area (Å²) in [6.45, 7) is 7.36. The minimum atomic E-state index is 0.646. The quantitative estimate of drug-likeness (QED) is 0.709. The molecule has 72 valence electrons. The van der Waals surface area contributed by atoms with Crippen molar-refractivity contribution in [2.75, 3.05) is 18.5 Å². The van der Waals surface area contributed by atoms with Gasteiger partial charge in [-0.2, -0.15) is 0 Å². The fourth-order valence-corrected chi connectivity index (χ4v) is 1.28. The van der Waals surface area contributed by atoms with Gasteiger partial charge in [0.05, 0.1) is 11.9 Å². The van der Waals surface area contributed by atoms with Gasteiger partial charge in [0.15, 0.2) is 0 Å². The molecule has 1 aromatic rings. The first kappa shape index (κ1) is 9.96. The van der Waals surface area contributed by atoms with Gasteiger partial charge in [-0.05, 0) is 12.8 Å². The highest BCUT2D eigenvalue weighted by molar-refractivity contribution is 5.34. The average Bonchev–Trinajstić information content (AvgIpc) is 2.03. The molecule has 0 radical (unpaired) electrons. The second-order valence-electron chi connectivity index (χ2n) is 3.79. The molecule has 0 spiro atoms. The van der Waals surface area contributed by atoms with E-state index in [2.05, 4.69) is 28.7 Å². The van der Waals surface area contributed by atoms with Crippen molar-refractivity contribution in [1.82, 2.24) is 9.97 Å². The van der Waals surface area contributed by atoms with Gasteiger partial charge in [-0.25, -0.2) is 4.98 Å². The predicted octanol–water partition coefficient (Wildman–Crippen LogP) is 1.88. The lowest BCUT2D eigenvalue weighted by Gasteiger charge is -2.19. The van der Waals surface area contributed by atoms with Crippen LogP contribution in [0.5, 0.6) is 0 Å². The summed E-state index contributed by atoms with van der Waals surface area (Å²) in [5.41, 5.74) is 0.966. The minimum Gasteiger partial charge on any atom is -0.358 e. The van der Waals surface area contributed by atoms with E-state index in [1.807, 2.05) is 14.0 Å². The first-order valence-corrected chi connectivity index (χ1v) is 4.59. The van der Waals surface area contributed by atoms with Gasteiger partial charge >= 0.3 is 0 Å². The van der Waals surface area contributed by atoms with Crippen molar-refractivity contribution < 1.29 is 0 Å². The van der Waals surface area contributed by atoms with Crippen molar-refractivity contribution in [2.45, 2.75) is 20.8 Å². The molecule has 1 heterocycles. The summed E-state index contributed by atoms with van der Waals surface area (Å²) in [5.74, 6) is 1.60. The second kappa shape index (κ2) is 4.21. The van der Waals surface area contributed by atoms with Crippen LogP contribution in [0.25, 0.3) is 0 Å². The molecule has 0 aliphatic carbocycles. The van der Waals surface area contributed by atoms with Crippen LogP contribution in [0.3, 0.4) is 0 Å². The largest absolute Gasteiger partial charge is 0.358 e. The van der Waals surface area contributed by atoms with Gasteiger partial charge in [0.25, 0.3) is 0 Å². The van der Waals surface area contributed by atoms with Gasteiger partial charge < -0.3 is 4.90 Å². The van der Waals surface area contributed by atoms with E-state index in [0.29, 0.717) is 5.92 Å². The Morgan fingerprint density at radius 1 is 1.38 bits per heavy atom. The lowest BCUT2D eigenvalue weighted by Crippen LogP contribution is -2.23. The highest BCUT2D eigenvalue weighted by Crippen LogP contribution is 2.08. The Labute approximate surface area is 79.8 Å². The van der Waals surface area contributed by atoms with Crippen LogP contribution in [0.4, 0.5) is 5.82 Å². The summed E-state index contributed by atoms with van der Waals surface area (Å²) < 4.78 is 0. The summed E-state index contributed by atoms with van der Waals surface area (Å²) in [5, 5.41) is 0. The SMILES string of the molecule is Cc1cncc(N(C)CC(C)C)n1. The van der Waals surface area contributed by atoms with Crippen LogP contribution in [0.15, 0.2) is 12.4 Å². The van der Waals surface area contributed by atoms with Crippen LogP contribution in [0, 0.1) is 12.8 Å². The Morgan fingerprint density at radius 3 is 2.62 bits per heavy atom. The summed E-state index contributed by atoms with van der Waals surface area (Å²) in [6.07, 6.45) is 3.57. The molecule has 0 atom stereocenters. The third-order valence-corrected chi connectivity index (χ3v) is 1.77. The molecule has 3 heteroatoms. The van der Waals surface area contributed by atoms with Gasteiger partial charge in [-0.15, -0.1) is 0 Å². The normalized spacial score (nSPS) is 10.5. The Bertz CT molecular complexity index is 271. The summed E-state index contributed by atoms with van der Waals surface area (Å²) >= 11 is 0. The molecule has 0 N–H and O–H groups in total. The minimum absolute atomic E-state index is 0.646. The Hall–Kier alpha value is -1.12. The summed E-state index contributed by atoms with van der Waals surface area (Å²) in [4.78, 5) is 10.6. The van der Waals surface area contributed by atoms with E-state index in [4.69, 9.17) is 0 Å². The molecule has 0 saturated heterocycles. The van der Waals surface area contributed by atoms with E-state index in [1.165, 1.54) is 0 Å². The van der Waals surface area contributed by atoms with Gasteiger partial charge in [0.2, 0.25) is 0 Å². The molecule has 0 amide bonds. The van der Waals surface area contributed by atoms with E-state index in [0.717, 1.165) is 18.1 Å². The molecule has 13 heavy (non-hydrogen) atoms. The Balaban J connectivity index is 2.71. The lowest BCUT2D eigenvalue weighted by molar-refractivity contribution is 0.633. The maximum Gasteiger partial charge on any atom is 0.147 e. The molecular formula is C10H17N3. The average molecular weight is 179 g/mol. The molecule has 3 nitrogen and oxygen atoms in total. The highest BCUT2D eigenvalue weighted by atomic mass is 15.2. The van der Waals surface area contributed by atoms with Gasteiger partial charge in [0.1, 0.15) is 5.82 Å². The number of anilines is 1. The van der Waals surface area contributed by atoms with Gasteiger partial charge in [-0.3, -0.25) is 4.98 Å². The van der Waals surface area contributed by atoms with Crippen LogP contribution in [-0.4, -0.2) is 23.6 Å². The van der Waals surface area contributed by atoms with Crippen LogP contribution in [0.2, 0.25) is 0 Å². The smallest absolute Gasteiger partial charge is 0.147 e. The van der Waals surface area contributed by atoms with Gasteiger partial charge in [0, 0.05) is 19.8 Å². The summed E-state index contributed by atoms with van der Waals surface area (Å²) in [6, 6.07) is 0. The van der Waals surface area contributed by atoms with Crippen LogP contribution in [0.1, 0.15) is 19.5 Å². The molecule has 1 aromatic heterocycles. The molecule has 0 saturated carbocycles. The topological polar surface area (TPSA) is 29.0 Å². The van der Waals surface area contributed by atoms with Crippen LogP contribution < -0.4 is 4.90 Å². The fraction of sp³-hybridized carbons (Fsp3) is 0.600. The number of nitrogens with zero attached hydrogens (tertiary/aromatic N) is 3. The van der Waals surface area contributed by atoms with Gasteiger partial charge in [-0.1, -0.05) is 13.8 Å². The monoisotopic (exact) mass is 179 g/mol. The van der Waals surface area contributed by atoms with Crippen LogP contribution >= 0.6 is 0 Å². The zero-order valence-electron chi connectivity index (χ0n) is 8.78. The molecule has 0 bridgehead atoms. The first-order valence-electron chi connectivity index (χ1n) is 4.59. The van der Waals surface area contributed by atoms with Crippen molar-refractivity contribution in [2.24, 2.45) is 5.92 Å². The van der Waals surface area contributed by atoms with E-state index in [1.54, 1.807) is 12.4 Å². The first-order chi connectivity index (χ1) is 6.09. The maximum absolute atomic E-state index is 4.39. The molecule has 0 aliphatic heterocycles. The molecule has 0 aromatic carbocycles. The van der Waals surface area contributed by atoms with Crippen LogP contribution in [-0.2, 0) is 0 Å². The van der Waals surface area contributed by atoms with Crippen molar-refractivity contribution in [3.8, 4) is 0 Å². The van der Waals surface area contributed by atoms with Crippen molar-refractivity contribution in [3.05, 3.63) is 18.1 Å². The Kier molecular flexibility index (Phi) is 3.23. The second-order valence-corrected chi connectivity index (χ2v) is 3.79. The molecule has 0 aliphatic rings. The zero-order chi connectivity index (χ0) is 9.84. The highest BCUT2D eigenvalue weighted by Gasteiger charge is 2.04. The lowest BCUT2D eigenvalue weighted by atomic mass is 10.2. The van der Waals surface area contributed by atoms with Crippen molar-refractivity contribution in [1.29, 1.82) is 0 Å². The number of aromatic nitrogens is 2. The number of hydrogen-bond acceptors (Lipinski definition) is 3. The Morgan fingerprint density at radius 2 is 2.08 bits per heavy atom. The summed E-state index contributed by atoms with van der Waals surface area (Å²) in [7, 11) is 2.05. The molecule has 0 fully saturated rings. The van der Waals surface area contributed by atoms with E-state index in [9.17, 15) is 0 Å². The number of rotatable bonds is 3. The van der Waals surface area contributed by atoms with Crippen molar-refractivity contribution in [3.63, 3.8) is 0 Å². The molecular weight excluding hydrogens is 162 g/mol. The maximum atomic E-state index is 4.39. The predicted molar refractivity (Wildman–Crippen MR) is 54.9 cm³/mol. The number of aryl methyl sites for hydroxylation is 1. The fourth-order valence-electron chi connectivity index (χ4n) is 1.28. The van der Waals surface area contributed by atoms with E-state index < -0.39 is 0 Å². The zero-order valence-corrected chi connectivity index (χ0v) is 8.78. The molecule has 1 rings (SSSR count). The number of hydrogen-bond donors (Lipinski definition) is 0. The molecule has 0 unspecified atom stereocenters. The van der Waals surface area contributed by atoms with E-state index >= 15 is 0 Å².